The van der Waals surface area contributed by atoms with Crippen molar-refractivity contribution in [1.29, 1.82) is 0 Å². The Morgan fingerprint density at radius 3 is 2.15 bits per heavy atom. The van der Waals surface area contributed by atoms with Crippen LogP contribution in [0.5, 0.6) is 5.75 Å². The molecule has 1 aliphatic heterocycles. The van der Waals surface area contributed by atoms with Gasteiger partial charge >= 0.3 is 12.3 Å². The van der Waals surface area contributed by atoms with Crippen molar-refractivity contribution in [2.45, 2.75) is 25.4 Å². The number of alkyl halides is 3. The van der Waals surface area contributed by atoms with E-state index in [2.05, 4.69) is 9.73 Å². The molecule has 3 aromatic carbocycles. The highest BCUT2D eigenvalue weighted by atomic mass is 32.1. The third-order valence-electron chi connectivity index (χ3n) is 6.28. The molecular formula is C29H20F5NO3S. The van der Waals surface area contributed by atoms with Crippen LogP contribution in [0.25, 0.3) is 11.1 Å². The van der Waals surface area contributed by atoms with Gasteiger partial charge in [-0.3, -0.25) is 9.79 Å². The number of hydrogen-bond donors (Lipinski definition) is 0. The fourth-order valence-corrected chi connectivity index (χ4v) is 5.10. The highest BCUT2D eigenvalue weighted by molar-refractivity contribution is 7.07. The first-order valence-electron chi connectivity index (χ1n) is 11.8. The molecule has 5 rings (SSSR count). The van der Waals surface area contributed by atoms with Crippen LogP contribution in [-0.4, -0.2) is 18.0 Å². The first kappa shape index (κ1) is 26.6. The van der Waals surface area contributed by atoms with Crippen LogP contribution in [0, 0.1) is 17.6 Å². The smallest absolute Gasteiger partial charge is 0.460 e. The number of aliphatic imine (C=N–C) groups is 1. The molecule has 0 aliphatic carbocycles. The van der Waals surface area contributed by atoms with Crippen LogP contribution in [0.3, 0.4) is 0 Å². The van der Waals surface area contributed by atoms with E-state index in [0.29, 0.717) is 16.7 Å². The van der Waals surface area contributed by atoms with Crippen molar-refractivity contribution in [3.05, 3.63) is 112 Å². The summed E-state index contributed by atoms with van der Waals surface area (Å²) < 4.78 is 75.8. The topological polar surface area (TPSA) is 47.9 Å². The van der Waals surface area contributed by atoms with Gasteiger partial charge in [0, 0.05) is 17.7 Å². The first-order valence-corrected chi connectivity index (χ1v) is 12.8. The van der Waals surface area contributed by atoms with Gasteiger partial charge < -0.3 is 9.47 Å². The number of halogens is 5. The largest absolute Gasteiger partial charge is 0.573 e. The summed E-state index contributed by atoms with van der Waals surface area (Å²) in [6.07, 6.45) is -4.79. The van der Waals surface area contributed by atoms with Crippen molar-refractivity contribution in [3.8, 4) is 16.9 Å². The molecule has 1 aromatic heterocycles. The van der Waals surface area contributed by atoms with Crippen molar-refractivity contribution in [3.63, 3.8) is 0 Å². The Morgan fingerprint density at radius 2 is 1.56 bits per heavy atom. The molecule has 0 saturated carbocycles. The lowest BCUT2D eigenvalue weighted by Crippen LogP contribution is -2.22. The third kappa shape index (κ3) is 6.17. The third-order valence-corrected chi connectivity index (χ3v) is 7.01. The van der Waals surface area contributed by atoms with Crippen LogP contribution < -0.4 is 4.74 Å². The van der Waals surface area contributed by atoms with Crippen LogP contribution in [0.15, 0.2) is 88.5 Å². The van der Waals surface area contributed by atoms with E-state index in [1.807, 2.05) is 16.8 Å². The zero-order valence-corrected chi connectivity index (χ0v) is 20.9. The van der Waals surface area contributed by atoms with E-state index in [4.69, 9.17) is 4.74 Å². The molecule has 200 valence electrons. The average Bonchev–Trinajstić information content (AvgIpc) is 3.58. The first-order chi connectivity index (χ1) is 18.7. The van der Waals surface area contributed by atoms with E-state index >= 15 is 0 Å². The normalized spacial score (nSPS) is 17.1. The predicted molar refractivity (Wildman–Crippen MR) is 136 cm³/mol. The minimum atomic E-state index is -4.78. The van der Waals surface area contributed by atoms with Crippen LogP contribution in [0.2, 0.25) is 0 Å². The van der Waals surface area contributed by atoms with Crippen LogP contribution in [0.4, 0.5) is 22.0 Å². The van der Waals surface area contributed by atoms with E-state index in [-0.39, 0.29) is 30.1 Å². The zero-order chi connectivity index (χ0) is 27.6. The lowest BCUT2D eigenvalue weighted by molar-refractivity contribution is -0.274. The molecule has 0 saturated heterocycles. The number of benzene rings is 3. The number of rotatable bonds is 7. The summed E-state index contributed by atoms with van der Waals surface area (Å²) in [5.41, 5.74) is 2.68. The Kier molecular flexibility index (Phi) is 7.47. The minimum absolute atomic E-state index is 0.00654. The van der Waals surface area contributed by atoms with Gasteiger partial charge in [0.2, 0.25) is 0 Å². The van der Waals surface area contributed by atoms with Gasteiger partial charge in [-0.15, -0.1) is 13.2 Å². The summed E-state index contributed by atoms with van der Waals surface area (Å²) in [5, 5.41) is 3.72. The van der Waals surface area contributed by atoms with E-state index in [1.54, 1.807) is 24.3 Å². The van der Waals surface area contributed by atoms with Crippen molar-refractivity contribution in [2.24, 2.45) is 10.9 Å². The summed E-state index contributed by atoms with van der Waals surface area (Å²) in [7, 11) is 0. The maximum Gasteiger partial charge on any atom is 0.573 e. The fourth-order valence-electron chi connectivity index (χ4n) is 4.45. The quantitative estimate of drug-likeness (QED) is 0.172. The van der Waals surface area contributed by atoms with E-state index in [1.165, 1.54) is 41.7 Å². The van der Waals surface area contributed by atoms with Gasteiger partial charge in [0.15, 0.2) is 0 Å². The number of thiophene rings is 1. The lowest BCUT2D eigenvalue weighted by atomic mass is 9.90. The lowest BCUT2D eigenvalue weighted by Gasteiger charge is -2.17. The molecule has 1 aliphatic rings. The number of hydrogen-bond acceptors (Lipinski definition) is 5. The summed E-state index contributed by atoms with van der Waals surface area (Å²) in [5.74, 6) is -3.21. The second-order valence-corrected chi connectivity index (χ2v) is 9.64. The molecule has 0 spiro atoms. The summed E-state index contributed by atoms with van der Waals surface area (Å²) in [6.45, 7) is 0.0714. The number of carbonyl (C=O) groups excluding carboxylic acids is 1. The number of ether oxygens (including phenoxy) is 2. The minimum Gasteiger partial charge on any atom is -0.460 e. The van der Waals surface area contributed by atoms with Gasteiger partial charge in [-0.05, 0) is 57.8 Å². The van der Waals surface area contributed by atoms with E-state index in [9.17, 15) is 26.7 Å². The summed E-state index contributed by atoms with van der Waals surface area (Å²) in [4.78, 5) is 17.7. The molecule has 0 bridgehead atoms. The second kappa shape index (κ2) is 11.0. The Morgan fingerprint density at radius 1 is 0.923 bits per heavy atom. The molecule has 0 amide bonds. The maximum absolute atomic E-state index is 14.5. The molecule has 0 radical (unpaired) electrons. The van der Waals surface area contributed by atoms with Gasteiger partial charge in [-0.2, -0.15) is 11.3 Å². The van der Waals surface area contributed by atoms with E-state index in [0.717, 1.165) is 17.7 Å². The van der Waals surface area contributed by atoms with Crippen LogP contribution in [0.1, 0.15) is 29.2 Å². The molecule has 10 heteroatoms. The molecular weight excluding hydrogens is 537 g/mol. The second-order valence-electron chi connectivity index (χ2n) is 8.86. The average molecular weight is 558 g/mol. The fraction of sp³-hybridized carbons (Fsp3) is 0.172. The Labute approximate surface area is 224 Å². The van der Waals surface area contributed by atoms with Crippen LogP contribution >= 0.6 is 11.3 Å². The molecule has 4 nitrogen and oxygen atoms in total. The highest BCUT2D eigenvalue weighted by Crippen LogP contribution is 2.39. The standard InChI is InChI=1S/C29H20F5NO3S/c30-23-2-1-3-24(31)26(23)25-14-22(28(36)37-15-17-12-13-39-16-17)27(35-25)20-6-4-18(5-7-20)19-8-10-21(11-9-19)38-29(32,33)34/h1-13,16,22,27H,14-15H2/t22-,27-/m0/s1. The van der Waals surface area contributed by atoms with Crippen molar-refractivity contribution < 1.29 is 36.2 Å². The van der Waals surface area contributed by atoms with Crippen molar-refractivity contribution in [1.82, 2.24) is 0 Å². The molecule has 39 heavy (non-hydrogen) atoms. The van der Waals surface area contributed by atoms with Gasteiger partial charge in [0.25, 0.3) is 0 Å². The molecule has 4 aromatic rings. The Balaban J connectivity index is 1.41. The van der Waals surface area contributed by atoms with Gasteiger partial charge in [-0.25, -0.2) is 8.78 Å². The predicted octanol–water partition coefficient (Wildman–Crippen LogP) is 7.89. The van der Waals surface area contributed by atoms with E-state index < -0.39 is 35.9 Å². The Bertz CT molecular complexity index is 1460. The highest BCUT2D eigenvalue weighted by Gasteiger charge is 2.39. The number of carbonyl (C=O) groups is 1. The molecule has 0 N–H and O–H groups in total. The molecule has 0 fully saturated rings. The zero-order valence-electron chi connectivity index (χ0n) is 20.1. The maximum atomic E-state index is 14.5. The summed E-state index contributed by atoms with van der Waals surface area (Å²) in [6, 6.07) is 17.0. The number of nitrogens with zero attached hydrogens (tertiary/aromatic N) is 1. The van der Waals surface area contributed by atoms with Gasteiger partial charge in [-0.1, -0.05) is 42.5 Å². The van der Waals surface area contributed by atoms with Gasteiger partial charge in [0.05, 0.1) is 17.5 Å². The molecule has 2 heterocycles. The summed E-state index contributed by atoms with van der Waals surface area (Å²) >= 11 is 1.47. The molecule has 2 atom stereocenters. The van der Waals surface area contributed by atoms with Crippen molar-refractivity contribution in [2.75, 3.05) is 0 Å². The van der Waals surface area contributed by atoms with Crippen LogP contribution in [-0.2, 0) is 16.1 Å². The Hall–Kier alpha value is -4.05. The molecule has 0 unspecified atom stereocenters. The number of esters is 1. The monoisotopic (exact) mass is 557 g/mol. The van der Waals surface area contributed by atoms with Gasteiger partial charge in [0.1, 0.15) is 24.0 Å². The van der Waals surface area contributed by atoms with Crippen molar-refractivity contribution >= 4 is 23.0 Å². The SMILES string of the molecule is O=C(OCc1ccsc1)[C@H]1CC(c2c(F)cccc2F)=N[C@H]1c1ccc(-c2ccc(OC(F)(F)F)cc2)cc1.